The van der Waals surface area contributed by atoms with E-state index in [1.807, 2.05) is 6.07 Å². The van der Waals surface area contributed by atoms with Crippen LogP contribution in [0.25, 0.3) is 0 Å². The van der Waals surface area contributed by atoms with Crippen molar-refractivity contribution in [1.29, 1.82) is 0 Å². The number of nitrogens with zero attached hydrogens (tertiary/aromatic N) is 1. The Kier molecular flexibility index (Phi) is 4.15. The van der Waals surface area contributed by atoms with Gasteiger partial charge in [0.15, 0.2) is 11.9 Å². The Bertz CT molecular complexity index is 590. The number of hydrogen-bond donors (Lipinski definition) is 0. The second kappa shape index (κ2) is 5.94. The standard InChI is InChI=1S/C18H23NO3/c1-3-5-11-19(12-6-4-2)18-16(21)14-10-8-7-9-13(14)15(20)17(18)22-18/h7-10,17H,3-6,11-12H2,1-2H3. The number of hydrogen-bond acceptors (Lipinski definition) is 4. The van der Waals surface area contributed by atoms with Crippen LogP contribution in [-0.2, 0) is 4.74 Å². The van der Waals surface area contributed by atoms with Gasteiger partial charge >= 0.3 is 0 Å². The van der Waals surface area contributed by atoms with Crippen LogP contribution in [0, 0.1) is 0 Å². The van der Waals surface area contributed by atoms with E-state index in [1.54, 1.807) is 18.2 Å². The maximum atomic E-state index is 13.0. The smallest absolute Gasteiger partial charge is 0.221 e. The van der Waals surface area contributed by atoms with Gasteiger partial charge in [0.25, 0.3) is 0 Å². The van der Waals surface area contributed by atoms with Crippen LogP contribution in [0.4, 0.5) is 0 Å². The lowest BCUT2D eigenvalue weighted by Gasteiger charge is -2.30. The summed E-state index contributed by atoms with van der Waals surface area (Å²) >= 11 is 0. The minimum atomic E-state index is -1.02. The summed E-state index contributed by atoms with van der Waals surface area (Å²) in [6, 6.07) is 7.07. The summed E-state index contributed by atoms with van der Waals surface area (Å²) in [4.78, 5) is 27.6. The Morgan fingerprint density at radius 2 is 1.64 bits per heavy atom. The second-order valence-corrected chi connectivity index (χ2v) is 6.13. The first-order valence-corrected chi connectivity index (χ1v) is 8.27. The SMILES string of the molecule is CCCCN(CCCC)C12OC1C(=O)c1ccccc1C2=O. The summed E-state index contributed by atoms with van der Waals surface area (Å²) in [5.74, 6) is -0.0897. The van der Waals surface area contributed by atoms with Gasteiger partial charge in [0.2, 0.25) is 11.5 Å². The van der Waals surface area contributed by atoms with E-state index in [1.165, 1.54) is 0 Å². The summed E-state index contributed by atoms with van der Waals surface area (Å²) < 4.78 is 5.76. The van der Waals surface area contributed by atoms with Crippen LogP contribution < -0.4 is 0 Å². The topological polar surface area (TPSA) is 49.9 Å². The van der Waals surface area contributed by atoms with Gasteiger partial charge in [-0.25, -0.2) is 0 Å². The summed E-state index contributed by atoms with van der Waals surface area (Å²) in [5, 5.41) is 0. The van der Waals surface area contributed by atoms with Gasteiger partial charge < -0.3 is 4.74 Å². The predicted molar refractivity (Wildman–Crippen MR) is 84.1 cm³/mol. The third-order valence-corrected chi connectivity index (χ3v) is 4.63. The fourth-order valence-electron chi connectivity index (χ4n) is 3.31. The number of unbranched alkanes of at least 4 members (excludes halogenated alkanes) is 2. The molecule has 1 aromatic carbocycles. The monoisotopic (exact) mass is 301 g/mol. The molecule has 1 heterocycles. The lowest BCUT2D eigenvalue weighted by molar-refractivity contribution is 0.0489. The van der Waals surface area contributed by atoms with Crippen LogP contribution >= 0.6 is 0 Å². The molecule has 22 heavy (non-hydrogen) atoms. The van der Waals surface area contributed by atoms with E-state index < -0.39 is 11.8 Å². The molecule has 0 amide bonds. The Balaban J connectivity index is 1.93. The van der Waals surface area contributed by atoms with Crippen molar-refractivity contribution in [2.45, 2.75) is 51.4 Å². The summed E-state index contributed by atoms with van der Waals surface area (Å²) in [6.07, 6.45) is 3.52. The van der Waals surface area contributed by atoms with E-state index in [9.17, 15) is 9.59 Å². The van der Waals surface area contributed by atoms with Crippen molar-refractivity contribution in [1.82, 2.24) is 4.90 Å². The minimum Gasteiger partial charge on any atom is -0.333 e. The van der Waals surface area contributed by atoms with Crippen LogP contribution in [0.5, 0.6) is 0 Å². The Labute approximate surface area is 131 Å². The number of ketones is 2. The Morgan fingerprint density at radius 3 is 2.23 bits per heavy atom. The van der Waals surface area contributed by atoms with Crippen molar-refractivity contribution >= 4 is 11.6 Å². The van der Waals surface area contributed by atoms with Crippen molar-refractivity contribution in [3.63, 3.8) is 0 Å². The van der Waals surface area contributed by atoms with Crippen LogP contribution in [0.3, 0.4) is 0 Å². The molecule has 1 aliphatic carbocycles. The molecule has 1 saturated heterocycles. The molecule has 0 N–H and O–H groups in total. The van der Waals surface area contributed by atoms with Crippen molar-refractivity contribution in [3.05, 3.63) is 35.4 Å². The van der Waals surface area contributed by atoms with Crippen LogP contribution in [0.15, 0.2) is 24.3 Å². The second-order valence-electron chi connectivity index (χ2n) is 6.13. The van der Waals surface area contributed by atoms with Gasteiger partial charge in [-0.3, -0.25) is 14.5 Å². The summed E-state index contributed by atoms with van der Waals surface area (Å²) in [7, 11) is 0. The number of Topliss-reactive ketones (excluding diaryl/α,β-unsaturated/α-hetero) is 2. The van der Waals surface area contributed by atoms with Crippen LogP contribution in [-0.4, -0.2) is 41.4 Å². The van der Waals surface area contributed by atoms with E-state index in [-0.39, 0.29) is 11.6 Å². The minimum absolute atomic E-state index is 0.0418. The number of benzene rings is 1. The molecule has 0 saturated carbocycles. The number of ether oxygens (including phenoxy) is 1. The molecule has 2 atom stereocenters. The Hall–Kier alpha value is -1.52. The predicted octanol–water partition coefficient (Wildman–Crippen LogP) is 3.06. The first kappa shape index (κ1) is 15.4. The highest BCUT2D eigenvalue weighted by atomic mass is 16.6. The van der Waals surface area contributed by atoms with E-state index in [2.05, 4.69) is 18.7 Å². The van der Waals surface area contributed by atoms with Crippen molar-refractivity contribution < 1.29 is 14.3 Å². The maximum absolute atomic E-state index is 13.0. The van der Waals surface area contributed by atoms with Gasteiger partial charge in [0.1, 0.15) is 0 Å². The molecule has 2 aliphatic rings. The van der Waals surface area contributed by atoms with Gasteiger partial charge in [-0.2, -0.15) is 0 Å². The zero-order valence-electron chi connectivity index (χ0n) is 13.3. The molecule has 1 fully saturated rings. The summed E-state index contributed by atoms with van der Waals surface area (Å²) in [6.45, 7) is 5.86. The molecule has 1 aromatic rings. The fraction of sp³-hybridized carbons (Fsp3) is 0.556. The number of fused-ring (bicyclic) bond motifs is 2. The highest BCUT2D eigenvalue weighted by molar-refractivity contribution is 6.22. The zero-order valence-corrected chi connectivity index (χ0v) is 13.3. The third kappa shape index (κ3) is 2.22. The molecule has 0 radical (unpaired) electrons. The van der Waals surface area contributed by atoms with E-state index >= 15 is 0 Å². The maximum Gasteiger partial charge on any atom is 0.221 e. The van der Waals surface area contributed by atoms with Crippen molar-refractivity contribution in [2.24, 2.45) is 0 Å². The highest BCUT2D eigenvalue weighted by Crippen LogP contribution is 2.48. The van der Waals surface area contributed by atoms with Crippen molar-refractivity contribution in [2.75, 3.05) is 13.1 Å². The van der Waals surface area contributed by atoms with Gasteiger partial charge in [-0.05, 0) is 12.8 Å². The molecule has 2 unspecified atom stereocenters. The molecule has 0 bridgehead atoms. The first-order valence-electron chi connectivity index (χ1n) is 8.27. The molecule has 1 aliphatic heterocycles. The molecule has 3 rings (SSSR count). The highest BCUT2D eigenvalue weighted by Gasteiger charge is 2.71. The van der Waals surface area contributed by atoms with Gasteiger partial charge in [-0.1, -0.05) is 51.0 Å². The zero-order chi connectivity index (χ0) is 15.7. The van der Waals surface area contributed by atoms with E-state index in [4.69, 9.17) is 4.74 Å². The molecule has 4 heteroatoms. The average molecular weight is 301 g/mol. The van der Waals surface area contributed by atoms with E-state index in [0.29, 0.717) is 11.1 Å². The number of epoxide rings is 1. The van der Waals surface area contributed by atoms with Gasteiger partial charge in [0.05, 0.1) is 0 Å². The Morgan fingerprint density at radius 1 is 1.05 bits per heavy atom. The lowest BCUT2D eigenvalue weighted by atomic mass is 9.85. The van der Waals surface area contributed by atoms with Crippen molar-refractivity contribution in [3.8, 4) is 0 Å². The molecular formula is C18H23NO3. The molecule has 0 aromatic heterocycles. The van der Waals surface area contributed by atoms with E-state index in [0.717, 1.165) is 38.8 Å². The fourth-order valence-corrected chi connectivity index (χ4v) is 3.31. The summed E-state index contributed by atoms with van der Waals surface area (Å²) in [5.41, 5.74) is 0.00581. The van der Waals surface area contributed by atoms with Gasteiger partial charge in [0, 0.05) is 24.2 Å². The molecular weight excluding hydrogens is 278 g/mol. The van der Waals surface area contributed by atoms with Crippen LogP contribution in [0.1, 0.15) is 60.2 Å². The molecule has 118 valence electrons. The lowest BCUT2D eigenvalue weighted by Crippen LogP contribution is -2.51. The first-order chi connectivity index (χ1) is 10.7. The van der Waals surface area contributed by atoms with Gasteiger partial charge in [-0.15, -0.1) is 0 Å². The molecule has 4 nitrogen and oxygen atoms in total. The number of rotatable bonds is 7. The molecule has 0 spiro atoms. The normalized spacial score (nSPS) is 26.0. The largest absolute Gasteiger partial charge is 0.333 e. The van der Waals surface area contributed by atoms with Crippen LogP contribution in [0.2, 0.25) is 0 Å². The number of carbonyl (C=O) groups excluding carboxylic acids is 2. The average Bonchev–Trinajstić information content (AvgIpc) is 3.30. The number of carbonyl (C=O) groups is 2. The third-order valence-electron chi connectivity index (χ3n) is 4.63. The quantitative estimate of drug-likeness (QED) is 0.726.